The first-order chi connectivity index (χ1) is 6.81. The number of rotatable bonds is 1. The van der Waals surface area contributed by atoms with Crippen LogP contribution in [0.5, 0.6) is 0 Å². The van der Waals surface area contributed by atoms with Crippen molar-refractivity contribution in [1.82, 2.24) is 4.90 Å². The SMILES string of the molecule is CC(C)(C)OC(=O)N1CCC[C@H]1C(=O)S. The number of ether oxygens (including phenoxy) is 1. The van der Waals surface area contributed by atoms with Gasteiger partial charge in [-0.05, 0) is 33.6 Å². The Balaban J connectivity index is 2.63. The molecule has 15 heavy (non-hydrogen) atoms. The highest BCUT2D eigenvalue weighted by atomic mass is 32.1. The van der Waals surface area contributed by atoms with Crippen molar-refractivity contribution in [3.63, 3.8) is 0 Å². The second-order valence-electron chi connectivity index (χ2n) is 4.67. The fourth-order valence-electron chi connectivity index (χ4n) is 1.56. The highest BCUT2D eigenvalue weighted by Gasteiger charge is 2.35. The molecule has 0 radical (unpaired) electrons. The lowest BCUT2D eigenvalue weighted by molar-refractivity contribution is -0.114. The maximum atomic E-state index is 11.7. The molecular formula is C10H17NO3S. The Morgan fingerprint density at radius 2 is 2.00 bits per heavy atom. The van der Waals surface area contributed by atoms with E-state index in [1.807, 2.05) is 0 Å². The van der Waals surface area contributed by atoms with E-state index in [9.17, 15) is 9.59 Å². The summed E-state index contributed by atoms with van der Waals surface area (Å²) in [5.74, 6) is 0. The van der Waals surface area contributed by atoms with Gasteiger partial charge in [0, 0.05) is 6.54 Å². The standard InChI is InChI=1S/C10H17NO3S/c1-10(2,3)14-9(13)11-6-4-5-7(11)8(12)15/h7H,4-6H2,1-3H3,(H,12,15)/t7-/m0/s1. The predicted octanol–water partition coefficient (Wildman–Crippen LogP) is 1.84. The Labute approximate surface area is 95.4 Å². The quantitative estimate of drug-likeness (QED) is 0.700. The summed E-state index contributed by atoms with van der Waals surface area (Å²) < 4.78 is 5.20. The molecule has 1 aliphatic rings. The van der Waals surface area contributed by atoms with Crippen LogP contribution in [0, 0.1) is 0 Å². The molecule has 0 aromatic heterocycles. The second-order valence-corrected chi connectivity index (χ2v) is 5.11. The summed E-state index contributed by atoms with van der Waals surface area (Å²) in [7, 11) is 0. The smallest absolute Gasteiger partial charge is 0.410 e. The molecule has 0 saturated carbocycles. The number of carbonyl (C=O) groups is 2. The van der Waals surface area contributed by atoms with Crippen LogP contribution < -0.4 is 0 Å². The minimum Gasteiger partial charge on any atom is -0.444 e. The Morgan fingerprint density at radius 3 is 2.47 bits per heavy atom. The molecule has 1 fully saturated rings. The average molecular weight is 231 g/mol. The summed E-state index contributed by atoms with van der Waals surface area (Å²) in [4.78, 5) is 24.3. The summed E-state index contributed by atoms with van der Waals surface area (Å²) in [6.45, 7) is 5.99. The summed E-state index contributed by atoms with van der Waals surface area (Å²) in [5.41, 5.74) is -0.524. The summed E-state index contributed by atoms with van der Waals surface area (Å²) in [5, 5.41) is -0.265. The minimum atomic E-state index is -0.524. The number of thiol groups is 1. The molecule has 1 aliphatic heterocycles. The normalized spacial score (nSPS) is 21.6. The topological polar surface area (TPSA) is 46.6 Å². The zero-order valence-electron chi connectivity index (χ0n) is 9.32. The van der Waals surface area contributed by atoms with Crippen LogP contribution in [0.4, 0.5) is 4.79 Å². The average Bonchev–Trinajstić information content (AvgIpc) is 2.47. The molecule has 0 N–H and O–H groups in total. The first kappa shape index (κ1) is 12.4. The van der Waals surface area contributed by atoms with Gasteiger partial charge in [-0.2, -0.15) is 0 Å². The van der Waals surface area contributed by atoms with Crippen molar-refractivity contribution in [2.24, 2.45) is 0 Å². The lowest BCUT2D eigenvalue weighted by Gasteiger charge is -2.27. The fraction of sp³-hybridized carbons (Fsp3) is 0.800. The third kappa shape index (κ3) is 3.41. The predicted molar refractivity (Wildman–Crippen MR) is 60.0 cm³/mol. The van der Waals surface area contributed by atoms with Crippen molar-refractivity contribution in [3.05, 3.63) is 0 Å². The maximum Gasteiger partial charge on any atom is 0.410 e. The van der Waals surface area contributed by atoms with E-state index in [0.717, 1.165) is 6.42 Å². The monoisotopic (exact) mass is 231 g/mol. The lowest BCUT2D eigenvalue weighted by Crippen LogP contribution is -2.42. The molecule has 0 aromatic rings. The van der Waals surface area contributed by atoms with Crippen LogP contribution >= 0.6 is 12.6 Å². The van der Waals surface area contributed by atoms with Crippen molar-refractivity contribution >= 4 is 23.8 Å². The first-order valence-electron chi connectivity index (χ1n) is 5.04. The Morgan fingerprint density at radius 1 is 1.40 bits per heavy atom. The highest BCUT2D eigenvalue weighted by molar-refractivity contribution is 7.96. The van der Waals surface area contributed by atoms with Gasteiger partial charge in [-0.3, -0.25) is 9.69 Å². The molecule has 0 bridgehead atoms. The van der Waals surface area contributed by atoms with Crippen molar-refractivity contribution in [3.8, 4) is 0 Å². The van der Waals surface area contributed by atoms with Gasteiger partial charge in [-0.1, -0.05) is 0 Å². The van der Waals surface area contributed by atoms with Crippen LogP contribution in [-0.2, 0) is 9.53 Å². The molecule has 0 aliphatic carbocycles. The van der Waals surface area contributed by atoms with E-state index < -0.39 is 17.7 Å². The zero-order valence-corrected chi connectivity index (χ0v) is 10.2. The Bertz CT molecular complexity index is 272. The molecule has 5 heteroatoms. The van der Waals surface area contributed by atoms with Gasteiger partial charge in [-0.25, -0.2) is 4.79 Å². The summed E-state index contributed by atoms with van der Waals surface area (Å²) in [6.07, 6.45) is 1.09. The van der Waals surface area contributed by atoms with Crippen molar-refractivity contribution in [2.45, 2.75) is 45.3 Å². The van der Waals surface area contributed by atoms with Gasteiger partial charge >= 0.3 is 6.09 Å². The number of carbonyl (C=O) groups excluding carboxylic acids is 2. The summed E-state index contributed by atoms with van der Waals surface area (Å²) >= 11 is 3.77. The Hall–Kier alpha value is -0.710. The number of hydrogen-bond acceptors (Lipinski definition) is 3. The highest BCUT2D eigenvalue weighted by Crippen LogP contribution is 2.22. The molecule has 1 rings (SSSR count). The number of likely N-dealkylation sites (tertiary alicyclic amines) is 1. The molecule has 0 unspecified atom stereocenters. The van der Waals surface area contributed by atoms with Gasteiger partial charge in [0.1, 0.15) is 11.6 Å². The fourth-order valence-corrected chi connectivity index (χ4v) is 1.83. The largest absolute Gasteiger partial charge is 0.444 e. The van der Waals surface area contributed by atoms with Gasteiger partial charge in [0.05, 0.1) is 0 Å². The molecule has 1 amide bonds. The lowest BCUT2D eigenvalue weighted by atomic mass is 10.2. The molecule has 0 aromatic carbocycles. The molecule has 1 heterocycles. The zero-order chi connectivity index (χ0) is 11.6. The number of nitrogens with zero attached hydrogens (tertiary/aromatic N) is 1. The van der Waals surface area contributed by atoms with E-state index in [2.05, 4.69) is 12.6 Å². The van der Waals surface area contributed by atoms with Gasteiger partial charge in [0.25, 0.3) is 0 Å². The first-order valence-corrected chi connectivity index (χ1v) is 5.48. The minimum absolute atomic E-state index is 0.265. The molecule has 4 nitrogen and oxygen atoms in total. The van der Waals surface area contributed by atoms with E-state index in [0.29, 0.717) is 13.0 Å². The van der Waals surface area contributed by atoms with Crippen LogP contribution in [0.1, 0.15) is 33.6 Å². The molecule has 86 valence electrons. The second kappa shape index (κ2) is 4.43. The van der Waals surface area contributed by atoms with Crippen LogP contribution in [-0.4, -0.2) is 34.3 Å². The van der Waals surface area contributed by atoms with Crippen LogP contribution in [0.25, 0.3) is 0 Å². The maximum absolute atomic E-state index is 11.7. The summed E-state index contributed by atoms with van der Waals surface area (Å²) in [6, 6.07) is -0.414. The van der Waals surface area contributed by atoms with Crippen LogP contribution in [0.2, 0.25) is 0 Å². The van der Waals surface area contributed by atoms with Gasteiger partial charge in [-0.15, -0.1) is 12.6 Å². The Kier molecular flexibility index (Phi) is 3.65. The van der Waals surface area contributed by atoms with E-state index in [4.69, 9.17) is 4.74 Å². The van der Waals surface area contributed by atoms with E-state index in [1.165, 1.54) is 4.90 Å². The molecule has 0 spiro atoms. The molecule has 1 saturated heterocycles. The third-order valence-electron chi connectivity index (χ3n) is 2.17. The third-order valence-corrected chi connectivity index (χ3v) is 2.46. The van der Waals surface area contributed by atoms with Crippen molar-refractivity contribution < 1.29 is 14.3 Å². The number of amides is 1. The van der Waals surface area contributed by atoms with Gasteiger partial charge < -0.3 is 4.74 Å². The van der Waals surface area contributed by atoms with Crippen LogP contribution in [0.15, 0.2) is 0 Å². The molecular weight excluding hydrogens is 214 g/mol. The van der Waals surface area contributed by atoms with Crippen molar-refractivity contribution in [1.29, 1.82) is 0 Å². The van der Waals surface area contributed by atoms with E-state index in [1.54, 1.807) is 20.8 Å². The molecule has 1 atom stereocenters. The van der Waals surface area contributed by atoms with Gasteiger partial charge in [0.2, 0.25) is 5.12 Å². The van der Waals surface area contributed by atoms with E-state index in [-0.39, 0.29) is 5.12 Å². The van der Waals surface area contributed by atoms with Crippen LogP contribution in [0.3, 0.4) is 0 Å². The van der Waals surface area contributed by atoms with Gasteiger partial charge in [0.15, 0.2) is 0 Å². The van der Waals surface area contributed by atoms with E-state index >= 15 is 0 Å². The van der Waals surface area contributed by atoms with Crippen molar-refractivity contribution in [2.75, 3.05) is 6.54 Å². The number of hydrogen-bond donors (Lipinski definition) is 1.